The van der Waals surface area contributed by atoms with Crippen molar-refractivity contribution in [3.63, 3.8) is 0 Å². The van der Waals surface area contributed by atoms with E-state index in [0.29, 0.717) is 29.7 Å². The molecule has 0 saturated carbocycles. The van der Waals surface area contributed by atoms with Crippen molar-refractivity contribution in [2.24, 2.45) is 0 Å². The maximum Gasteiger partial charge on any atom is 0.212 e. The first-order valence-corrected chi connectivity index (χ1v) is 9.66. The molecule has 4 heterocycles. The van der Waals surface area contributed by atoms with E-state index in [4.69, 9.17) is 18.9 Å². The largest absolute Gasteiger partial charge is 0.493 e. The van der Waals surface area contributed by atoms with Gasteiger partial charge in [-0.25, -0.2) is 9.97 Å². The Labute approximate surface area is 173 Å². The molecule has 7 heteroatoms. The maximum atomic E-state index is 6.23. The second-order valence-corrected chi connectivity index (χ2v) is 7.06. The molecule has 3 aromatic heterocycles. The highest BCUT2D eigenvalue weighted by molar-refractivity contribution is 5.79. The number of fused-ring (bicyclic) bond motifs is 2. The maximum absolute atomic E-state index is 6.23. The molecule has 0 fully saturated rings. The minimum Gasteiger partial charge on any atom is -0.493 e. The Kier molecular flexibility index (Phi) is 4.63. The van der Waals surface area contributed by atoms with Gasteiger partial charge in [-0.05, 0) is 47.9 Å². The SMILES string of the molecule is COc1ccc(C2COc3cc(Cc4ccnc5[nH]ccc45)cc(OC)c3O2)cn1. The number of methoxy groups -OCH3 is 2. The quantitative estimate of drug-likeness (QED) is 0.541. The molecular weight excluding hydrogens is 382 g/mol. The lowest BCUT2D eigenvalue weighted by Crippen LogP contribution is -2.22. The van der Waals surface area contributed by atoms with E-state index in [2.05, 4.69) is 15.0 Å². The van der Waals surface area contributed by atoms with Crippen LogP contribution in [-0.4, -0.2) is 35.8 Å². The summed E-state index contributed by atoms with van der Waals surface area (Å²) < 4.78 is 23.0. The molecule has 30 heavy (non-hydrogen) atoms. The molecule has 1 aliphatic rings. The molecule has 0 amide bonds. The summed E-state index contributed by atoms with van der Waals surface area (Å²) in [6.45, 7) is 0.394. The molecular formula is C23H21N3O4. The van der Waals surface area contributed by atoms with E-state index in [1.807, 2.05) is 48.8 Å². The summed E-state index contributed by atoms with van der Waals surface area (Å²) in [5, 5.41) is 1.11. The number of nitrogens with zero attached hydrogens (tertiary/aromatic N) is 2. The van der Waals surface area contributed by atoms with Gasteiger partial charge in [0.05, 0.1) is 14.2 Å². The Morgan fingerprint density at radius 1 is 1.10 bits per heavy atom. The third-order valence-corrected chi connectivity index (χ3v) is 5.24. The predicted molar refractivity (Wildman–Crippen MR) is 112 cm³/mol. The van der Waals surface area contributed by atoms with Gasteiger partial charge in [0, 0.05) is 35.6 Å². The smallest absolute Gasteiger partial charge is 0.212 e. The summed E-state index contributed by atoms with van der Waals surface area (Å²) in [6.07, 6.45) is 5.92. The highest BCUT2D eigenvalue weighted by atomic mass is 16.6. The van der Waals surface area contributed by atoms with Gasteiger partial charge in [0.15, 0.2) is 17.6 Å². The fourth-order valence-corrected chi connectivity index (χ4v) is 3.71. The van der Waals surface area contributed by atoms with Gasteiger partial charge in [-0.15, -0.1) is 0 Å². The second kappa shape index (κ2) is 7.59. The number of pyridine rings is 2. The average molecular weight is 403 g/mol. The predicted octanol–water partition coefficient (Wildman–Crippen LogP) is 4.08. The zero-order valence-corrected chi connectivity index (χ0v) is 16.7. The molecule has 0 aliphatic carbocycles. The molecule has 0 radical (unpaired) electrons. The van der Waals surface area contributed by atoms with Crippen LogP contribution in [0.25, 0.3) is 11.0 Å². The summed E-state index contributed by atoms with van der Waals surface area (Å²) in [6, 6.07) is 11.8. The third-order valence-electron chi connectivity index (χ3n) is 5.24. The van der Waals surface area contributed by atoms with E-state index in [1.165, 1.54) is 5.56 Å². The van der Waals surface area contributed by atoms with Gasteiger partial charge in [0.1, 0.15) is 12.3 Å². The zero-order chi connectivity index (χ0) is 20.5. The van der Waals surface area contributed by atoms with Gasteiger partial charge in [0.2, 0.25) is 11.6 Å². The number of H-pyrrole nitrogens is 1. The minimum absolute atomic E-state index is 0.268. The molecule has 1 unspecified atom stereocenters. The van der Waals surface area contributed by atoms with Crippen LogP contribution in [0.15, 0.2) is 55.0 Å². The van der Waals surface area contributed by atoms with E-state index < -0.39 is 0 Å². The Morgan fingerprint density at radius 2 is 2.03 bits per heavy atom. The molecule has 0 spiro atoms. The Balaban J connectivity index is 1.44. The van der Waals surface area contributed by atoms with Gasteiger partial charge in [-0.3, -0.25) is 0 Å². The topological polar surface area (TPSA) is 78.5 Å². The summed E-state index contributed by atoms with van der Waals surface area (Å²) in [5.41, 5.74) is 4.06. The van der Waals surface area contributed by atoms with Crippen molar-refractivity contribution in [2.75, 3.05) is 20.8 Å². The molecule has 1 aliphatic heterocycles. The molecule has 1 N–H and O–H groups in total. The van der Waals surface area contributed by atoms with Crippen molar-refractivity contribution in [1.29, 1.82) is 0 Å². The van der Waals surface area contributed by atoms with E-state index in [-0.39, 0.29) is 6.10 Å². The first kappa shape index (κ1) is 18.3. The number of benzene rings is 1. The number of hydrogen-bond acceptors (Lipinski definition) is 6. The van der Waals surface area contributed by atoms with Crippen molar-refractivity contribution in [3.05, 3.63) is 71.7 Å². The van der Waals surface area contributed by atoms with Gasteiger partial charge in [-0.2, -0.15) is 0 Å². The number of aromatic amines is 1. The molecule has 4 aromatic rings. The Bertz CT molecular complexity index is 1170. The monoisotopic (exact) mass is 403 g/mol. The Morgan fingerprint density at radius 3 is 2.83 bits per heavy atom. The van der Waals surface area contributed by atoms with E-state index in [0.717, 1.165) is 28.6 Å². The van der Waals surface area contributed by atoms with Crippen LogP contribution >= 0.6 is 0 Å². The number of aromatic nitrogens is 3. The number of nitrogens with one attached hydrogen (secondary N) is 1. The van der Waals surface area contributed by atoms with Crippen LogP contribution in [0.4, 0.5) is 0 Å². The zero-order valence-electron chi connectivity index (χ0n) is 16.7. The fraction of sp³-hybridized carbons (Fsp3) is 0.217. The van der Waals surface area contributed by atoms with Gasteiger partial charge in [-0.1, -0.05) is 0 Å². The standard InChI is InChI=1S/C23H21N3O4/c1-27-18-10-14(9-15-5-7-24-23-17(15)6-8-25-23)11-19-22(18)30-20(13-29-19)16-3-4-21(28-2)26-12-16/h3-8,10-12,20H,9,13H2,1-2H3,(H,24,25). The van der Waals surface area contributed by atoms with E-state index in [9.17, 15) is 0 Å². The molecule has 1 atom stereocenters. The number of ether oxygens (including phenoxy) is 4. The van der Waals surface area contributed by atoms with Crippen LogP contribution in [0.5, 0.6) is 23.1 Å². The molecule has 1 aromatic carbocycles. The lowest BCUT2D eigenvalue weighted by molar-refractivity contribution is 0.0867. The molecule has 5 rings (SSSR count). The van der Waals surface area contributed by atoms with Crippen LogP contribution < -0.4 is 18.9 Å². The number of rotatable bonds is 5. The van der Waals surface area contributed by atoms with Crippen LogP contribution in [0.3, 0.4) is 0 Å². The minimum atomic E-state index is -0.268. The van der Waals surface area contributed by atoms with Crippen LogP contribution in [0.1, 0.15) is 22.8 Å². The van der Waals surface area contributed by atoms with Gasteiger partial charge in [0.25, 0.3) is 0 Å². The summed E-state index contributed by atoms with van der Waals surface area (Å²) in [4.78, 5) is 11.8. The van der Waals surface area contributed by atoms with E-state index >= 15 is 0 Å². The Hall–Kier alpha value is -3.74. The molecule has 152 valence electrons. The molecule has 7 nitrogen and oxygen atoms in total. The summed E-state index contributed by atoms with van der Waals surface area (Å²) >= 11 is 0. The van der Waals surface area contributed by atoms with Gasteiger partial charge < -0.3 is 23.9 Å². The van der Waals surface area contributed by atoms with Crippen LogP contribution in [-0.2, 0) is 6.42 Å². The van der Waals surface area contributed by atoms with Crippen molar-refractivity contribution < 1.29 is 18.9 Å². The first-order valence-electron chi connectivity index (χ1n) is 9.66. The highest BCUT2D eigenvalue weighted by Crippen LogP contribution is 2.44. The van der Waals surface area contributed by atoms with Crippen LogP contribution in [0.2, 0.25) is 0 Å². The fourth-order valence-electron chi connectivity index (χ4n) is 3.71. The highest BCUT2D eigenvalue weighted by Gasteiger charge is 2.27. The van der Waals surface area contributed by atoms with Crippen molar-refractivity contribution in [3.8, 4) is 23.1 Å². The van der Waals surface area contributed by atoms with Crippen LogP contribution in [0, 0.1) is 0 Å². The lowest BCUT2D eigenvalue weighted by atomic mass is 10.0. The first-order chi connectivity index (χ1) is 14.7. The normalized spacial score (nSPS) is 15.2. The van der Waals surface area contributed by atoms with Crippen molar-refractivity contribution in [2.45, 2.75) is 12.5 Å². The summed E-state index contributed by atoms with van der Waals surface area (Å²) in [7, 11) is 3.23. The molecule has 0 bridgehead atoms. The third kappa shape index (κ3) is 3.28. The average Bonchev–Trinajstić information content (AvgIpc) is 3.28. The molecule has 0 saturated heterocycles. The van der Waals surface area contributed by atoms with Gasteiger partial charge >= 0.3 is 0 Å². The lowest BCUT2D eigenvalue weighted by Gasteiger charge is -2.28. The van der Waals surface area contributed by atoms with Crippen molar-refractivity contribution >= 4 is 11.0 Å². The second-order valence-electron chi connectivity index (χ2n) is 7.06. The number of hydrogen-bond donors (Lipinski definition) is 1. The van der Waals surface area contributed by atoms with Crippen molar-refractivity contribution in [1.82, 2.24) is 15.0 Å². The summed E-state index contributed by atoms with van der Waals surface area (Å²) in [5.74, 6) is 2.50. The van der Waals surface area contributed by atoms with E-state index in [1.54, 1.807) is 20.4 Å².